The summed E-state index contributed by atoms with van der Waals surface area (Å²) in [6, 6.07) is 12.6. The number of hydrogen-bond donors (Lipinski definition) is 1. The van der Waals surface area contributed by atoms with Crippen LogP contribution in [0.4, 0.5) is 11.6 Å². The summed E-state index contributed by atoms with van der Waals surface area (Å²) in [7, 11) is 0. The van der Waals surface area contributed by atoms with Gasteiger partial charge in [0.1, 0.15) is 11.6 Å². The smallest absolute Gasteiger partial charge is 0.282 e. The third-order valence-corrected chi connectivity index (χ3v) is 6.20. The van der Waals surface area contributed by atoms with Crippen molar-refractivity contribution in [3.05, 3.63) is 62.5 Å². The molecule has 1 unspecified atom stereocenters. The van der Waals surface area contributed by atoms with Gasteiger partial charge in [0.05, 0.1) is 11.0 Å². The number of piperidine rings is 1. The summed E-state index contributed by atoms with van der Waals surface area (Å²) >= 11 is 1.71. The fraction of sp³-hybridized carbons (Fsp3) is 0.333. The number of para-hydroxylation sites is 1. The van der Waals surface area contributed by atoms with Crippen molar-refractivity contribution in [3.63, 3.8) is 0 Å². The van der Waals surface area contributed by atoms with Gasteiger partial charge in [-0.05, 0) is 43.4 Å². The highest BCUT2D eigenvalue weighted by Crippen LogP contribution is 2.33. The molecule has 2 aromatic heterocycles. The van der Waals surface area contributed by atoms with Crippen molar-refractivity contribution in [2.75, 3.05) is 25.0 Å². The second-order valence-electron chi connectivity index (χ2n) is 7.09. The van der Waals surface area contributed by atoms with Gasteiger partial charge in [-0.25, -0.2) is 0 Å². The molecule has 0 saturated carbocycles. The summed E-state index contributed by atoms with van der Waals surface area (Å²) in [5.41, 5.74) is 0.226. The molecule has 0 radical (unpaired) electrons. The van der Waals surface area contributed by atoms with Gasteiger partial charge in [0.15, 0.2) is 0 Å². The van der Waals surface area contributed by atoms with Gasteiger partial charge in [-0.2, -0.15) is 10.2 Å². The van der Waals surface area contributed by atoms with Gasteiger partial charge in [-0.15, -0.1) is 11.3 Å². The quantitative estimate of drug-likeness (QED) is 0.428. The molecule has 3 aromatic rings. The number of aromatic nitrogens is 1. The lowest BCUT2D eigenvalue weighted by molar-refractivity contribution is -0.384. The number of nitriles is 1. The first-order valence-electron chi connectivity index (χ1n) is 9.83. The Balaban J connectivity index is 1.59. The average molecular weight is 423 g/mol. The lowest BCUT2D eigenvalue weighted by Gasteiger charge is -2.34. The largest absolute Gasteiger partial charge is 0.419 e. The summed E-state index contributed by atoms with van der Waals surface area (Å²) in [5, 5.41) is 26.1. The molecule has 30 heavy (non-hydrogen) atoms. The standard InChI is InChI=1S/C21H21N5O3S/c22-13-16-21(29-20(24-16)15-7-2-3-8-17(15)26(27)28)23-14-18(19-9-6-12-30-19)25-10-4-1-5-11-25/h2-3,6-9,12,18,23H,1,4-5,10-11,14H2. The van der Waals surface area contributed by atoms with E-state index >= 15 is 0 Å². The molecule has 1 aliphatic heterocycles. The van der Waals surface area contributed by atoms with Crippen molar-refractivity contribution in [1.82, 2.24) is 9.88 Å². The van der Waals surface area contributed by atoms with Gasteiger partial charge in [-0.3, -0.25) is 15.0 Å². The normalized spacial score (nSPS) is 15.4. The van der Waals surface area contributed by atoms with E-state index in [0.717, 1.165) is 13.1 Å². The Morgan fingerprint density at radius 3 is 2.77 bits per heavy atom. The summed E-state index contributed by atoms with van der Waals surface area (Å²) < 4.78 is 5.77. The van der Waals surface area contributed by atoms with E-state index in [-0.39, 0.29) is 34.8 Å². The first-order chi connectivity index (χ1) is 14.7. The molecule has 4 rings (SSSR count). The Kier molecular flexibility index (Phi) is 6.07. The molecule has 1 fully saturated rings. The molecule has 1 saturated heterocycles. The van der Waals surface area contributed by atoms with Gasteiger partial charge in [-0.1, -0.05) is 24.6 Å². The monoisotopic (exact) mass is 423 g/mol. The topological polar surface area (TPSA) is 108 Å². The highest BCUT2D eigenvalue weighted by Gasteiger charge is 2.26. The number of hydrogen-bond acceptors (Lipinski definition) is 8. The zero-order valence-electron chi connectivity index (χ0n) is 16.3. The van der Waals surface area contributed by atoms with Crippen molar-refractivity contribution in [2.45, 2.75) is 25.3 Å². The van der Waals surface area contributed by atoms with Gasteiger partial charge >= 0.3 is 0 Å². The van der Waals surface area contributed by atoms with Crippen LogP contribution in [0.25, 0.3) is 11.5 Å². The molecule has 3 heterocycles. The first kappa shape index (κ1) is 20.1. The Labute approximate surface area is 177 Å². The van der Waals surface area contributed by atoms with Crippen LogP contribution in [0.1, 0.15) is 35.9 Å². The highest BCUT2D eigenvalue weighted by molar-refractivity contribution is 7.10. The van der Waals surface area contributed by atoms with E-state index < -0.39 is 4.92 Å². The Morgan fingerprint density at radius 1 is 1.27 bits per heavy atom. The van der Waals surface area contributed by atoms with Crippen LogP contribution < -0.4 is 5.32 Å². The maximum atomic E-state index is 11.3. The maximum absolute atomic E-state index is 11.3. The minimum atomic E-state index is -0.484. The summed E-state index contributed by atoms with van der Waals surface area (Å²) in [6.45, 7) is 2.63. The van der Waals surface area contributed by atoms with Crippen LogP contribution in [0.5, 0.6) is 0 Å². The predicted octanol–water partition coefficient (Wildman–Crippen LogP) is 4.82. The molecule has 1 atom stereocenters. The number of thiophene rings is 1. The molecule has 8 nitrogen and oxygen atoms in total. The molecule has 1 aliphatic rings. The van der Waals surface area contributed by atoms with Crippen molar-refractivity contribution >= 4 is 22.9 Å². The van der Waals surface area contributed by atoms with Crippen molar-refractivity contribution in [3.8, 4) is 17.5 Å². The number of nitro groups is 1. The summed E-state index contributed by atoms with van der Waals surface area (Å²) in [6.07, 6.45) is 3.60. The zero-order chi connectivity index (χ0) is 20.9. The predicted molar refractivity (Wildman–Crippen MR) is 114 cm³/mol. The molecule has 0 bridgehead atoms. The van der Waals surface area contributed by atoms with E-state index in [1.54, 1.807) is 29.5 Å². The number of nitro benzene ring substituents is 1. The van der Waals surface area contributed by atoms with Crippen LogP contribution in [0.2, 0.25) is 0 Å². The minimum Gasteiger partial charge on any atom is -0.419 e. The third-order valence-electron chi connectivity index (χ3n) is 5.22. The number of benzene rings is 1. The molecule has 0 spiro atoms. The lowest BCUT2D eigenvalue weighted by Crippen LogP contribution is -2.36. The van der Waals surface area contributed by atoms with Crippen molar-refractivity contribution in [1.29, 1.82) is 5.26 Å². The summed E-state index contributed by atoms with van der Waals surface area (Å²) in [5.74, 6) is 0.302. The van der Waals surface area contributed by atoms with Crippen LogP contribution in [-0.4, -0.2) is 34.4 Å². The second kappa shape index (κ2) is 9.07. The fourth-order valence-electron chi connectivity index (χ4n) is 3.75. The van der Waals surface area contributed by atoms with E-state index in [2.05, 4.69) is 26.6 Å². The molecule has 0 amide bonds. The average Bonchev–Trinajstić information content (AvgIpc) is 3.45. The Morgan fingerprint density at radius 2 is 2.07 bits per heavy atom. The van der Waals surface area contributed by atoms with Crippen LogP contribution in [0.15, 0.2) is 46.2 Å². The minimum absolute atomic E-state index is 0.0620. The van der Waals surface area contributed by atoms with Crippen LogP contribution in [0.3, 0.4) is 0 Å². The number of nitrogens with zero attached hydrogens (tertiary/aromatic N) is 4. The number of oxazole rings is 1. The van der Waals surface area contributed by atoms with E-state index in [1.165, 1.54) is 30.2 Å². The Hall–Kier alpha value is -3.22. The maximum Gasteiger partial charge on any atom is 0.282 e. The number of rotatable bonds is 7. The zero-order valence-corrected chi connectivity index (χ0v) is 17.1. The van der Waals surface area contributed by atoms with E-state index in [0.29, 0.717) is 6.54 Å². The number of nitrogens with one attached hydrogen (secondary N) is 1. The SMILES string of the molecule is N#Cc1nc(-c2ccccc2[N+](=O)[O-])oc1NCC(c1cccs1)N1CCCCC1. The highest BCUT2D eigenvalue weighted by atomic mass is 32.1. The molecule has 154 valence electrons. The molecule has 1 N–H and O–H groups in total. The van der Waals surface area contributed by atoms with Crippen LogP contribution in [0, 0.1) is 21.4 Å². The van der Waals surface area contributed by atoms with Crippen molar-refractivity contribution in [2.24, 2.45) is 0 Å². The van der Waals surface area contributed by atoms with Gasteiger partial charge in [0, 0.05) is 17.5 Å². The van der Waals surface area contributed by atoms with E-state index in [1.807, 2.05) is 12.1 Å². The molecule has 1 aromatic carbocycles. The first-order valence-corrected chi connectivity index (χ1v) is 10.7. The van der Waals surface area contributed by atoms with Gasteiger partial charge in [0.25, 0.3) is 5.69 Å². The van der Waals surface area contributed by atoms with Crippen LogP contribution >= 0.6 is 11.3 Å². The molecule has 0 aliphatic carbocycles. The van der Waals surface area contributed by atoms with Crippen molar-refractivity contribution < 1.29 is 9.34 Å². The number of likely N-dealkylation sites (tertiary alicyclic amines) is 1. The molecule has 9 heteroatoms. The van der Waals surface area contributed by atoms with E-state index in [4.69, 9.17) is 4.42 Å². The van der Waals surface area contributed by atoms with E-state index in [9.17, 15) is 15.4 Å². The van der Waals surface area contributed by atoms with Crippen LogP contribution in [-0.2, 0) is 0 Å². The molecular formula is C21H21N5O3S. The third kappa shape index (κ3) is 4.20. The molecular weight excluding hydrogens is 402 g/mol. The number of anilines is 1. The second-order valence-corrected chi connectivity index (χ2v) is 8.07. The summed E-state index contributed by atoms with van der Waals surface area (Å²) in [4.78, 5) is 18.7. The van der Waals surface area contributed by atoms with Gasteiger partial charge in [0.2, 0.25) is 17.5 Å². The Bertz CT molecular complexity index is 1050. The van der Waals surface area contributed by atoms with Gasteiger partial charge < -0.3 is 9.73 Å². The fourth-order valence-corrected chi connectivity index (χ4v) is 4.62. The lowest BCUT2D eigenvalue weighted by atomic mass is 10.1.